The number of nitrogens with zero attached hydrogens (tertiary/aromatic N) is 1. The SMILES string of the molecule is C=NOCc1ccc(F)c(Cl)c1. The van der Waals surface area contributed by atoms with E-state index in [1.807, 2.05) is 0 Å². The molecule has 0 aliphatic rings. The minimum Gasteiger partial charge on any atom is -0.391 e. The van der Waals surface area contributed by atoms with Crippen LogP contribution in [0.3, 0.4) is 0 Å². The zero-order chi connectivity index (χ0) is 8.97. The van der Waals surface area contributed by atoms with Crippen molar-refractivity contribution < 1.29 is 9.23 Å². The number of hydrogen-bond donors (Lipinski definition) is 0. The van der Waals surface area contributed by atoms with Crippen LogP contribution in [0.1, 0.15) is 5.56 Å². The van der Waals surface area contributed by atoms with Crippen LogP contribution >= 0.6 is 11.6 Å². The Morgan fingerprint density at radius 2 is 2.33 bits per heavy atom. The summed E-state index contributed by atoms with van der Waals surface area (Å²) < 4.78 is 12.6. The first-order valence-electron chi connectivity index (χ1n) is 3.26. The Kier molecular flexibility index (Phi) is 3.05. The van der Waals surface area contributed by atoms with Crippen LogP contribution in [0.2, 0.25) is 5.02 Å². The van der Waals surface area contributed by atoms with Gasteiger partial charge in [-0.3, -0.25) is 0 Å². The lowest BCUT2D eigenvalue weighted by Gasteiger charge is -2.00. The van der Waals surface area contributed by atoms with Gasteiger partial charge in [0.2, 0.25) is 0 Å². The van der Waals surface area contributed by atoms with E-state index in [1.165, 1.54) is 12.1 Å². The molecule has 0 saturated heterocycles. The maximum absolute atomic E-state index is 12.6. The third-order valence-electron chi connectivity index (χ3n) is 1.31. The lowest BCUT2D eigenvalue weighted by Crippen LogP contribution is -1.87. The second kappa shape index (κ2) is 4.07. The van der Waals surface area contributed by atoms with Gasteiger partial charge in [0.15, 0.2) is 0 Å². The minimum absolute atomic E-state index is 0.0835. The molecule has 1 aromatic rings. The van der Waals surface area contributed by atoms with E-state index in [0.717, 1.165) is 5.56 Å². The quantitative estimate of drug-likeness (QED) is 0.527. The van der Waals surface area contributed by atoms with Crippen LogP contribution in [0, 0.1) is 5.82 Å². The predicted molar refractivity (Wildman–Crippen MR) is 45.7 cm³/mol. The number of hydrogen-bond acceptors (Lipinski definition) is 2. The van der Waals surface area contributed by atoms with Gasteiger partial charge < -0.3 is 4.84 Å². The molecule has 0 saturated carbocycles. The molecule has 0 radical (unpaired) electrons. The van der Waals surface area contributed by atoms with Crippen molar-refractivity contribution >= 4 is 18.3 Å². The monoisotopic (exact) mass is 187 g/mol. The van der Waals surface area contributed by atoms with Gasteiger partial charge in [0.25, 0.3) is 0 Å². The van der Waals surface area contributed by atoms with E-state index in [4.69, 9.17) is 11.6 Å². The molecule has 0 bridgehead atoms. The van der Waals surface area contributed by atoms with Gasteiger partial charge in [-0.05, 0) is 17.7 Å². The van der Waals surface area contributed by atoms with E-state index in [1.54, 1.807) is 6.07 Å². The first-order valence-corrected chi connectivity index (χ1v) is 3.63. The van der Waals surface area contributed by atoms with Crippen molar-refractivity contribution in [1.29, 1.82) is 0 Å². The summed E-state index contributed by atoms with van der Waals surface area (Å²) in [6.07, 6.45) is 0. The van der Waals surface area contributed by atoms with Crippen molar-refractivity contribution in [3.05, 3.63) is 34.6 Å². The molecule has 0 heterocycles. The van der Waals surface area contributed by atoms with Crippen LogP contribution in [0.5, 0.6) is 0 Å². The van der Waals surface area contributed by atoms with Crippen LogP contribution in [-0.2, 0) is 11.4 Å². The molecular formula is C8H7ClFNO. The third kappa shape index (κ3) is 2.20. The maximum Gasteiger partial charge on any atom is 0.142 e. The fourth-order valence-corrected chi connectivity index (χ4v) is 0.953. The summed E-state index contributed by atoms with van der Waals surface area (Å²) in [6, 6.07) is 4.35. The molecule has 0 N–H and O–H groups in total. The van der Waals surface area contributed by atoms with Crippen LogP contribution < -0.4 is 0 Å². The Bertz CT molecular complexity index is 290. The van der Waals surface area contributed by atoms with Crippen LogP contribution in [0.15, 0.2) is 23.4 Å². The van der Waals surface area contributed by atoms with Gasteiger partial charge in [0.05, 0.1) is 5.02 Å². The summed E-state index contributed by atoms with van der Waals surface area (Å²) in [5, 5.41) is 3.28. The second-order valence-corrected chi connectivity index (χ2v) is 2.56. The molecule has 0 atom stereocenters. The highest BCUT2D eigenvalue weighted by Gasteiger charge is 2.00. The fraction of sp³-hybridized carbons (Fsp3) is 0.125. The number of oxime groups is 1. The highest BCUT2D eigenvalue weighted by atomic mass is 35.5. The van der Waals surface area contributed by atoms with Gasteiger partial charge in [-0.1, -0.05) is 17.7 Å². The molecule has 1 rings (SSSR count). The number of halogens is 2. The van der Waals surface area contributed by atoms with E-state index < -0.39 is 5.82 Å². The van der Waals surface area contributed by atoms with Gasteiger partial charge in [-0.2, -0.15) is 0 Å². The van der Waals surface area contributed by atoms with Crippen molar-refractivity contribution in [2.75, 3.05) is 0 Å². The zero-order valence-corrected chi connectivity index (χ0v) is 7.01. The Labute approximate surface area is 74.6 Å². The summed E-state index contributed by atoms with van der Waals surface area (Å²) in [6.45, 7) is 3.39. The molecule has 64 valence electrons. The molecule has 12 heavy (non-hydrogen) atoms. The van der Waals surface area contributed by atoms with Crippen molar-refractivity contribution in [2.24, 2.45) is 5.16 Å². The minimum atomic E-state index is -0.438. The molecule has 0 aliphatic heterocycles. The van der Waals surface area contributed by atoms with Crippen molar-refractivity contribution in [1.82, 2.24) is 0 Å². The Balaban J connectivity index is 2.75. The number of rotatable bonds is 3. The standard InChI is InChI=1S/C8H7ClFNO/c1-11-12-5-6-2-3-8(10)7(9)4-6/h2-4H,1,5H2. The van der Waals surface area contributed by atoms with Gasteiger partial charge in [0.1, 0.15) is 12.4 Å². The normalized spacial score (nSPS) is 9.50. The summed E-state index contributed by atoms with van der Waals surface area (Å²) in [7, 11) is 0. The first kappa shape index (κ1) is 9.00. The first-order chi connectivity index (χ1) is 5.74. The molecule has 0 spiro atoms. The Hall–Kier alpha value is -1.09. The van der Waals surface area contributed by atoms with E-state index >= 15 is 0 Å². The molecular weight excluding hydrogens is 181 g/mol. The summed E-state index contributed by atoms with van der Waals surface area (Å²) >= 11 is 5.52. The van der Waals surface area contributed by atoms with Gasteiger partial charge in [-0.15, -0.1) is 5.16 Å². The average Bonchev–Trinajstić information content (AvgIpc) is 2.07. The largest absolute Gasteiger partial charge is 0.391 e. The van der Waals surface area contributed by atoms with E-state index in [9.17, 15) is 4.39 Å². The zero-order valence-electron chi connectivity index (χ0n) is 6.26. The van der Waals surface area contributed by atoms with E-state index in [-0.39, 0.29) is 11.6 Å². The van der Waals surface area contributed by atoms with Crippen LogP contribution in [0.4, 0.5) is 4.39 Å². The molecule has 2 nitrogen and oxygen atoms in total. The lowest BCUT2D eigenvalue weighted by atomic mass is 10.2. The second-order valence-electron chi connectivity index (χ2n) is 2.15. The summed E-state index contributed by atoms with van der Waals surface area (Å²) in [5.74, 6) is -0.438. The lowest BCUT2D eigenvalue weighted by molar-refractivity contribution is 0.133. The fourth-order valence-electron chi connectivity index (χ4n) is 0.750. The number of benzene rings is 1. The summed E-state index contributed by atoms with van der Waals surface area (Å²) in [5.41, 5.74) is 0.758. The highest BCUT2D eigenvalue weighted by molar-refractivity contribution is 6.30. The van der Waals surface area contributed by atoms with Crippen molar-refractivity contribution in [3.63, 3.8) is 0 Å². The Morgan fingerprint density at radius 3 is 2.92 bits per heavy atom. The average molecular weight is 188 g/mol. The van der Waals surface area contributed by atoms with Crippen molar-refractivity contribution in [3.8, 4) is 0 Å². The molecule has 4 heteroatoms. The predicted octanol–water partition coefficient (Wildman–Crippen LogP) is 2.61. The van der Waals surface area contributed by atoms with E-state index in [2.05, 4.69) is 16.7 Å². The smallest absolute Gasteiger partial charge is 0.142 e. The van der Waals surface area contributed by atoms with E-state index in [0.29, 0.717) is 0 Å². The third-order valence-corrected chi connectivity index (χ3v) is 1.60. The highest BCUT2D eigenvalue weighted by Crippen LogP contribution is 2.16. The molecule has 0 fully saturated rings. The van der Waals surface area contributed by atoms with Gasteiger partial charge in [-0.25, -0.2) is 4.39 Å². The van der Waals surface area contributed by atoms with Crippen molar-refractivity contribution in [2.45, 2.75) is 6.61 Å². The maximum atomic E-state index is 12.6. The molecule has 0 aromatic heterocycles. The molecule has 0 unspecified atom stereocenters. The van der Waals surface area contributed by atoms with Gasteiger partial charge in [0, 0.05) is 6.72 Å². The molecule has 0 amide bonds. The van der Waals surface area contributed by atoms with Gasteiger partial charge >= 0.3 is 0 Å². The molecule has 0 aliphatic carbocycles. The van der Waals surface area contributed by atoms with Crippen LogP contribution in [-0.4, -0.2) is 6.72 Å². The van der Waals surface area contributed by atoms with Crippen LogP contribution in [0.25, 0.3) is 0 Å². The molecule has 1 aromatic carbocycles. The Morgan fingerprint density at radius 1 is 1.58 bits per heavy atom. The topological polar surface area (TPSA) is 21.6 Å². The summed E-state index contributed by atoms with van der Waals surface area (Å²) in [4.78, 5) is 4.65.